The fraction of sp³-hybridized carbons (Fsp3) is 0.733. The maximum absolute atomic E-state index is 5.45. The van der Waals surface area contributed by atoms with Crippen LogP contribution >= 0.6 is 0 Å². The minimum absolute atomic E-state index is 0.639. The molecule has 2 rings (SSSR count). The second kappa shape index (κ2) is 8.04. The van der Waals surface area contributed by atoms with Crippen LogP contribution in [0.2, 0.25) is 0 Å². The molecule has 1 aliphatic rings. The molecule has 5 nitrogen and oxygen atoms in total. The van der Waals surface area contributed by atoms with Gasteiger partial charge in [-0.25, -0.2) is 9.97 Å². The molecule has 0 spiro atoms. The summed E-state index contributed by atoms with van der Waals surface area (Å²) in [5, 5.41) is 3.52. The van der Waals surface area contributed by atoms with Crippen molar-refractivity contribution in [2.24, 2.45) is 5.92 Å². The van der Waals surface area contributed by atoms with E-state index < -0.39 is 0 Å². The van der Waals surface area contributed by atoms with E-state index in [1.165, 1.54) is 19.3 Å². The molecule has 1 aromatic heterocycles. The molecule has 0 radical (unpaired) electrons. The van der Waals surface area contributed by atoms with Crippen LogP contribution in [0.1, 0.15) is 33.1 Å². The lowest BCUT2D eigenvalue weighted by Crippen LogP contribution is -2.40. The third-order valence-corrected chi connectivity index (χ3v) is 3.62. The summed E-state index contributed by atoms with van der Waals surface area (Å²) in [7, 11) is 0. The predicted octanol–water partition coefficient (Wildman–Crippen LogP) is 2.09. The van der Waals surface area contributed by atoms with Crippen LogP contribution < -0.4 is 15.0 Å². The first-order valence-electron chi connectivity index (χ1n) is 7.74. The van der Waals surface area contributed by atoms with Crippen molar-refractivity contribution in [3.63, 3.8) is 0 Å². The summed E-state index contributed by atoms with van der Waals surface area (Å²) in [5.41, 5.74) is 0. The molecule has 1 N–H and O–H groups in total. The van der Waals surface area contributed by atoms with Gasteiger partial charge >= 0.3 is 0 Å². The van der Waals surface area contributed by atoms with Gasteiger partial charge in [-0.15, -0.1) is 0 Å². The Morgan fingerprint density at radius 2 is 2.30 bits per heavy atom. The van der Waals surface area contributed by atoms with Crippen LogP contribution in [0, 0.1) is 5.92 Å². The highest BCUT2D eigenvalue weighted by Crippen LogP contribution is 2.23. The number of nitrogens with one attached hydrogen (secondary N) is 1. The minimum atomic E-state index is 0.639. The Kier molecular flexibility index (Phi) is 6.05. The largest absolute Gasteiger partial charge is 0.478 e. The quantitative estimate of drug-likeness (QED) is 0.774. The maximum atomic E-state index is 5.45. The second-order valence-corrected chi connectivity index (χ2v) is 5.31. The Morgan fingerprint density at radius 1 is 1.40 bits per heavy atom. The fourth-order valence-corrected chi connectivity index (χ4v) is 2.65. The van der Waals surface area contributed by atoms with Crippen molar-refractivity contribution in [2.75, 3.05) is 37.7 Å². The number of nitrogens with zero attached hydrogens (tertiary/aromatic N) is 3. The van der Waals surface area contributed by atoms with Crippen molar-refractivity contribution < 1.29 is 4.74 Å². The second-order valence-electron chi connectivity index (χ2n) is 5.31. The van der Waals surface area contributed by atoms with Crippen LogP contribution in [0.25, 0.3) is 0 Å². The smallest absolute Gasteiger partial charge is 0.218 e. The molecular weight excluding hydrogens is 252 g/mol. The summed E-state index contributed by atoms with van der Waals surface area (Å²) in [6.07, 6.45) is 5.32. The molecule has 1 aromatic rings. The van der Waals surface area contributed by atoms with Crippen LogP contribution in [0.5, 0.6) is 5.88 Å². The van der Waals surface area contributed by atoms with E-state index in [0.29, 0.717) is 18.4 Å². The van der Waals surface area contributed by atoms with Crippen molar-refractivity contribution in [3.8, 4) is 5.88 Å². The molecular formula is C15H26N4O. The average Bonchev–Trinajstić information content (AvgIpc) is 2.49. The predicted molar refractivity (Wildman–Crippen MR) is 81.3 cm³/mol. The molecule has 0 saturated carbocycles. The number of ether oxygens (including phenoxy) is 1. The van der Waals surface area contributed by atoms with Gasteiger partial charge in [-0.05, 0) is 45.2 Å². The number of hydrogen-bond acceptors (Lipinski definition) is 5. The molecule has 0 aromatic carbocycles. The number of hydrogen-bond donors (Lipinski definition) is 1. The van der Waals surface area contributed by atoms with Gasteiger partial charge in [-0.1, -0.05) is 6.92 Å². The molecule has 1 fully saturated rings. The van der Waals surface area contributed by atoms with Crippen LogP contribution in [0.3, 0.4) is 0 Å². The van der Waals surface area contributed by atoms with Gasteiger partial charge in [-0.3, -0.25) is 0 Å². The lowest BCUT2D eigenvalue weighted by Gasteiger charge is -2.33. The molecule has 1 aliphatic heterocycles. The molecule has 20 heavy (non-hydrogen) atoms. The van der Waals surface area contributed by atoms with Crippen LogP contribution in [-0.4, -0.2) is 42.8 Å². The van der Waals surface area contributed by atoms with Gasteiger partial charge in [0.1, 0.15) is 12.1 Å². The van der Waals surface area contributed by atoms with E-state index in [-0.39, 0.29) is 0 Å². The summed E-state index contributed by atoms with van der Waals surface area (Å²) < 4.78 is 5.45. The molecule has 0 bridgehead atoms. The zero-order chi connectivity index (χ0) is 14.2. The Balaban J connectivity index is 1.92. The van der Waals surface area contributed by atoms with Crippen molar-refractivity contribution in [1.29, 1.82) is 0 Å². The summed E-state index contributed by atoms with van der Waals surface area (Å²) >= 11 is 0. The molecule has 0 amide bonds. The fourth-order valence-electron chi connectivity index (χ4n) is 2.65. The first-order chi connectivity index (χ1) is 9.83. The molecule has 112 valence electrons. The van der Waals surface area contributed by atoms with E-state index in [4.69, 9.17) is 4.74 Å². The zero-order valence-corrected chi connectivity index (χ0v) is 12.6. The number of piperidine rings is 1. The Labute approximate surface area is 121 Å². The Hall–Kier alpha value is -1.36. The topological polar surface area (TPSA) is 50.3 Å². The standard InChI is InChI=1S/C15H26N4O/c1-3-7-16-10-13-6-5-8-19(11-13)14-9-15(20-4-2)18-12-17-14/h9,12-13,16H,3-8,10-11H2,1-2H3. The van der Waals surface area contributed by atoms with Gasteiger partial charge in [0.25, 0.3) is 0 Å². The first-order valence-corrected chi connectivity index (χ1v) is 7.74. The van der Waals surface area contributed by atoms with Gasteiger partial charge in [0, 0.05) is 19.2 Å². The third-order valence-electron chi connectivity index (χ3n) is 3.62. The molecule has 1 unspecified atom stereocenters. The van der Waals surface area contributed by atoms with Gasteiger partial charge in [-0.2, -0.15) is 0 Å². The average molecular weight is 278 g/mol. The minimum Gasteiger partial charge on any atom is -0.478 e. The monoisotopic (exact) mass is 278 g/mol. The molecule has 2 heterocycles. The van der Waals surface area contributed by atoms with Gasteiger partial charge in [0.2, 0.25) is 5.88 Å². The first kappa shape index (κ1) is 15.0. The SMILES string of the molecule is CCCNCC1CCCN(c2cc(OCC)ncn2)C1. The Bertz CT molecular complexity index is 399. The molecule has 1 saturated heterocycles. The van der Waals surface area contributed by atoms with Crippen molar-refractivity contribution in [3.05, 3.63) is 12.4 Å². The zero-order valence-electron chi connectivity index (χ0n) is 12.6. The third kappa shape index (κ3) is 4.34. The highest BCUT2D eigenvalue weighted by atomic mass is 16.5. The Morgan fingerprint density at radius 3 is 3.10 bits per heavy atom. The number of aromatic nitrogens is 2. The van der Waals surface area contributed by atoms with E-state index in [0.717, 1.165) is 32.0 Å². The normalized spacial score (nSPS) is 19.1. The van der Waals surface area contributed by atoms with Gasteiger partial charge in [0.05, 0.1) is 6.61 Å². The lowest BCUT2D eigenvalue weighted by molar-refractivity contribution is 0.325. The van der Waals surface area contributed by atoms with Crippen LogP contribution in [0.4, 0.5) is 5.82 Å². The van der Waals surface area contributed by atoms with Crippen molar-refractivity contribution >= 4 is 5.82 Å². The molecule has 5 heteroatoms. The van der Waals surface area contributed by atoms with E-state index in [2.05, 4.69) is 27.1 Å². The van der Waals surface area contributed by atoms with Gasteiger partial charge in [0.15, 0.2) is 0 Å². The van der Waals surface area contributed by atoms with E-state index in [1.54, 1.807) is 6.33 Å². The highest BCUT2D eigenvalue weighted by Gasteiger charge is 2.21. The van der Waals surface area contributed by atoms with Crippen molar-refractivity contribution in [2.45, 2.75) is 33.1 Å². The van der Waals surface area contributed by atoms with Crippen LogP contribution in [0.15, 0.2) is 12.4 Å². The lowest BCUT2D eigenvalue weighted by atomic mass is 9.98. The molecule has 1 atom stereocenters. The number of anilines is 1. The summed E-state index contributed by atoms with van der Waals surface area (Å²) in [6, 6.07) is 1.95. The highest BCUT2D eigenvalue weighted by molar-refractivity contribution is 5.41. The summed E-state index contributed by atoms with van der Waals surface area (Å²) in [5.74, 6) is 2.37. The van der Waals surface area contributed by atoms with Crippen molar-refractivity contribution in [1.82, 2.24) is 15.3 Å². The van der Waals surface area contributed by atoms with E-state index >= 15 is 0 Å². The summed E-state index contributed by atoms with van der Waals surface area (Å²) in [4.78, 5) is 10.9. The van der Waals surface area contributed by atoms with Gasteiger partial charge < -0.3 is 15.0 Å². The van der Waals surface area contributed by atoms with E-state index in [9.17, 15) is 0 Å². The van der Waals surface area contributed by atoms with E-state index in [1.807, 2.05) is 13.0 Å². The summed E-state index contributed by atoms with van der Waals surface area (Å²) in [6.45, 7) is 9.17. The maximum Gasteiger partial charge on any atom is 0.218 e. The van der Waals surface area contributed by atoms with Crippen LogP contribution in [-0.2, 0) is 0 Å². The number of rotatable bonds is 7. The molecule has 0 aliphatic carbocycles.